The third-order valence-corrected chi connectivity index (χ3v) is 3.84. The molecule has 1 aromatic heterocycles. The Labute approximate surface area is 120 Å². The van der Waals surface area contributed by atoms with E-state index in [9.17, 15) is 9.90 Å². The molecular weight excluding hydrogens is 254 g/mol. The van der Waals surface area contributed by atoms with E-state index in [4.69, 9.17) is 0 Å². The molecule has 1 fully saturated rings. The number of nitrogens with zero attached hydrogens (tertiary/aromatic N) is 2. The molecule has 0 bridgehead atoms. The van der Waals surface area contributed by atoms with Crippen molar-refractivity contribution in [3.63, 3.8) is 0 Å². The van der Waals surface area contributed by atoms with Crippen molar-refractivity contribution in [3.8, 4) is 0 Å². The van der Waals surface area contributed by atoms with E-state index in [2.05, 4.69) is 10.3 Å². The number of carbonyl (C=O) groups is 1. The van der Waals surface area contributed by atoms with E-state index >= 15 is 0 Å². The van der Waals surface area contributed by atoms with Crippen LogP contribution in [-0.2, 0) is 0 Å². The lowest BCUT2D eigenvalue weighted by molar-refractivity contribution is 0.0579. The zero-order valence-corrected chi connectivity index (χ0v) is 12.0. The number of aliphatic hydroxyl groups excluding tert-OH is 1. The number of hydrogen-bond acceptors (Lipinski definition) is 4. The predicted molar refractivity (Wildman–Crippen MR) is 78.8 cm³/mol. The van der Waals surface area contributed by atoms with E-state index in [0.717, 1.165) is 25.7 Å². The minimum absolute atomic E-state index is 0.00599. The molecule has 0 aliphatic heterocycles. The minimum Gasteiger partial charge on any atom is -0.395 e. The van der Waals surface area contributed by atoms with Gasteiger partial charge in [-0.25, -0.2) is 4.98 Å². The van der Waals surface area contributed by atoms with E-state index in [-0.39, 0.29) is 18.6 Å². The predicted octanol–water partition coefficient (Wildman–Crippen LogP) is 1.89. The number of aromatic nitrogens is 1. The van der Waals surface area contributed by atoms with Gasteiger partial charge in [0.25, 0.3) is 5.91 Å². The average molecular weight is 277 g/mol. The Hall–Kier alpha value is -1.62. The molecule has 0 aromatic carbocycles. The summed E-state index contributed by atoms with van der Waals surface area (Å²) in [4.78, 5) is 18.7. The fraction of sp³-hybridized carbons (Fsp3) is 0.600. The summed E-state index contributed by atoms with van der Waals surface area (Å²) < 4.78 is 0. The van der Waals surface area contributed by atoms with Gasteiger partial charge in [0.2, 0.25) is 0 Å². The van der Waals surface area contributed by atoms with Crippen molar-refractivity contribution >= 4 is 11.7 Å². The SMILES string of the molecule is CNc1cccc(C(=O)N(CCO)C2CCCCC2)n1. The number of pyridine rings is 1. The van der Waals surface area contributed by atoms with Crippen LogP contribution in [0.3, 0.4) is 0 Å². The van der Waals surface area contributed by atoms with Crippen molar-refractivity contribution in [1.82, 2.24) is 9.88 Å². The highest BCUT2D eigenvalue weighted by Gasteiger charge is 2.26. The molecule has 5 nitrogen and oxygen atoms in total. The van der Waals surface area contributed by atoms with Gasteiger partial charge in [-0.05, 0) is 25.0 Å². The van der Waals surface area contributed by atoms with Crippen LogP contribution in [0.25, 0.3) is 0 Å². The Bertz CT molecular complexity index is 444. The van der Waals surface area contributed by atoms with E-state index in [1.807, 2.05) is 12.1 Å². The highest BCUT2D eigenvalue weighted by Crippen LogP contribution is 2.23. The highest BCUT2D eigenvalue weighted by atomic mass is 16.3. The fourth-order valence-corrected chi connectivity index (χ4v) is 2.79. The number of anilines is 1. The molecule has 1 aromatic rings. The van der Waals surface area contributed by atoms with Gasteiger partial charge in [0.05, 0.1) is 6.61 Å². The van der Waals surface area contributed by atoms with Gasteiger partial charge in [-0.3, -0.25) is 4.79 Å². The van der Waals surface area contributed by atoms with Gasteiger partial charge in [-0.2, -0.15) is 0 Å². The van der Waals surface area contributed by atoms with Crippen LogP contribution in [0.1, 0.15) is 42.6 Å². The van der Waals surface area contributed by atoms with E-state index < -0.39 is 0 Å². The van der Waals surface area contributed by atoms with Crippen LogP contribution in [-0.4, -0.2) is 47.1 Å². The summed E-state index contributed by atoms with van der Waals surface area (Å²) in [6.07, 6.45) is 5.60. The first kappa shape index (κ1) is 14.8. The maximum atomic E-state index is 12.6. The molecule has 0 saturated heterocycles. The van der Waals surface area contributed by atoms with Crippen LogP contribution < -0.4 is 5.32 Å². The van der Waals surface area contributed by atoms with Crippen molar-refractivity contribution in [2.24, 2.45) is 0 Å². The fourth-order valence-electron chi connectivity index (χ4n) is 2.79. The maximum absolute atomic E-state index is 12.6. The van der Waals surface area contributed by atoms with Crippen molar-refractivity contribution < 1.29 is 9.90 Å². The third kappa shape index (κ3) is 3.48. The van der Waals surface area contributed by atoms with Gasteiger partial charge in [0, 0.05) is 19.6 Å². The minimum atomic E-state index is -0.0805. The van der Waals surface area contributed by atoms with Crippen LogP contribution in [0.2, 0.25) is 0 Å². The van der Waals surface area contributed by atoms with Crippen molar-refractivity contribution in [3.05, 3.63) is 23.9 Å². The summed E-state index contributed by atoms with van der Waals surface area (Å²) in [6.45, 7) is 0.378. The Kier molecular flexibility index (Phi) is 5.35. The lowest BCUT2D eigenvalue weighted by Crippen LogP contribution is -2.43. The molecule has 0 radical (unpaired) electrons. The van der Waals surface area contributed by atoms with E-state index in [1.165, 1.54) is 6.42 Å². The lowest BCUT2D eigenvalue weighted by Gasteiger charge is -2.33. The number of amides is 1. The number of carbonyl (C=O) groups excluding carboxylic acids is 1. The quantitative estimate of drug-likeness (QED) is 0.862. The lowest BCUT2D eigenvalue weighted by atomic mass is 9.94. The smallest absolute Gasteiger partial charge is 0.272 e. The first-order valence-corrected chi connectivity index (χ1v) is 7.33. The first-order chi connectivity index (χ1) is 9.76. The van der Waals surface area contributed by atoms with E-state index in [0.29, 0.717) is 18.1 Å². The molecule has 20 heavy (non-hydrogen) atoms. The summed E-state index contributed by atoms with van der Waals surface area (Å²) in [5, 5.41) is 12.2. The second-order valence-electron chi connectivity index (χ2n) is 5.17. The third-order valence-electron chi connectivity index (χ3n) is 3.84. The van der Waals surface area contributed by atoms with Gasteiger partial charge >= 0.3 is 0 Å². The van der Waals surface area contributed by atoms with E-state index in [1.54, 1.807) is 18.0 Å². The number of rotatable bonds is 5. The molecular formula is C15H23N3O2. The molecule has 5 heteroatoms. The molecule has 1 aliphatic carbocycles. The zero-order chi connectivity index (χ0) is 14.4. The normalized spacial score (nSPS) is 15.9. The zero-order valence-electron chi connectivity index (χ0n) is 12.0. The first-order valence-electron chi connectivity index (χ1n) is 7.33. The molecule has 0 spiro atoms. The molecule has 110 valence electrons. The summed E-state index contributed by atoms with van der Waals surface area (Å²) in [6, 6.07) is 5.62. The van der Waals surface area contributed by atoms with Gasteiger partial charge in [0.15, 0.2) is 0 Å². The van der Waals surface area contributed by atoms with Crippen LogP contribution >= 0.6 is 0 Å². The monoisotopic (exact) mass is 277 g/mol. The van der Waals surface area contributed by atoms with Crippen LogP contribution in [0.4, 0.5) is 5.82 Å². The molecule has 0 atom stereocenters. The van der Waals surface area contributed by atoms with Crippen LogP contribution in [0, 0.1) is 0 Å². The van der Waals surface area contributed by atoms with Crippen LogP contribution in [0.15, 0.2) is 18.2 Å². The Morgan fingerprint density at radius 2 is 2.15 bits per heavy atom. The van der Waals surface area contributed by atoms with Gasteiger partial charge in [-0.1, -0.05) is 25.3 Å². The average Bonchev–Trinajstić information content (AvgIpc) is 2.53. The van der Waals surface area contributed by atoms with Gasteiger partial charge in [-0.15, -0.1) is 0 Å². The van der Waals surface area contributed by atoms with Crippen molar-refractivity contribution in [2.45, 2.75) is 38.1 Å². The molecule has 2 rings (SSSR count). The summed E-state index contributed by atoms with van der Waals surface area (Å²) in [5.41, 5.74) is 0.441. The number of aliphatic hydroxyl groups is 1. The second-order valence-corrected chi connectivity index (χ2v) is 5.17. The number of nitrogens with one attached hydrogen (secondary N) is 1. The standard InChI is InChI=1S/C15H23N3O2/c1-16-14-9-5-8-13(17-14)15(20)18(10-11-19)12-6-3-2-4-7-12/h5,8-9,12,19H,2-4,6-7,10-11H2,1H3,(H,16,17). The second kappa shape index (κ2) is 7.24. The maximum Gasteiger partial charge on any atom is 0.272 e. The summed E-state index contributed by atoms with van der Waals surface area (Å²) >= 11 is 0. The van der Waals surface area contributed by atoms with Gasteiger partial charge in [0.1, 0.15) is 11.5 Å². The van der Waals surface area contributed by atoms with Crippen molar-refractivity contribution in [1.29, 1.82) is 0 Å². The largest absolute Gasteiger partial charge is 0.395 e. The molecule has 2 N–H and O–H groups in total. The topological polar surface area (TPSA) is 65.5 Å². The molecule has 1 heterocycles. The molecule has 1 saturated carbocycles. The molecule has 0 unspecified atom stereocenters. The Morgan fingerprint density at radius 1 is 1.40 bits per heavy atom. The van der Waals surface area contributed by atoms with Gasteiger partial charge < -0.3 is 15.3 Å². The van der Waals surface area contributed by atoms with Crippen LogP contribution in [0.5, 0.6) is 0 Å². The molecule has 1 aliphatic rings. The van der Waals surface area contributed by atoms with Crippen molar-refractivity contribution in [2.75, 3.05) is 25.5 Å². The number of hydrogen-bond donors (Lipinski definition) is 2. The molecule has 1 amide bonds. The summed E-state index contributed by atoms with van der Waals surface area (Å²) in [5.74, 6) is 0.603. The Balaban J connectivity index is 2.16. The highest BCUT2D eigenvalue weighted by molar-refractivity contribution is 5.93. The Morgan fingerprint density at radius 3 is 2.80 bits per heavy atom. The summed E-state index contributed by atoms with van der Waals surface area (Å²) in [7, 11) is 1.78.